The van der Waals surface area contributed by atoms with E-state index in [4.69, 9.17) is 4.74 Å². The predicted octanol–water partition coefficient (Wildman–Crippen LogP) is 3.39. The molecule has 0 aliphatic heterocycles. The Labute approximate surface area is 122 Å². The first-order valence-corrected chi connectivity index (χ1v) is 6.89. The van der Waals surface area contributed by atoms with Crippen LogP contribution in [0.1, 0.15) is 30.9 Å². The van der Waals surface area contributed by atoms with E-state index in [1.165, 1.54) is 0 Å². The molecule has 0 unspecified atom stereocenters. The number of ether oxygens (including phenoxy) is 1. The lowest BCUT2D eigenvalue weighted by molar-refractivity contribution is -0.793. The molecule has 0 aliphatic carbocycles. The van der Waals surface area contributed by atoms with Gasteiger partial charge in [-0.15, -0.1) is 0 Å². The average Bonchev–Trinajstić information content (AvgIpc) is 2.26. The second-order valence-electron chi connectivity index (χ2n) is 6.61. The van der Waals surface area contributed by atoms with Crippen molar-refractivity contribution in [2.24, 2.45) is 0 Å². The lowest BCUT2D eigenvalue weighted by atomic mass is 9.99. The molecular formula is C16H27N2O2+. The van der Waals surface area contributed by atoms with Gasteiger partial charge in [0.05, 0.1) is 21.1 Å². The monoisotopic (exact) mass is 279 g/mol. The molecule has 0 fully saturated rings. The van der Waals surface area contributed by atoms with E-state index in [1.807, 2.05) is 27.1 Å². The summed E-state index contributed by atoms with van der Waals surface area (Å²) in [6, 6.07) is 4.07. The SMILES string of the molecule is Cc1cc(OC(=O)[N+](C)(C)C)c(C(C)C)cc1N(C)C. The van der Waals surface area contributed by atoms with E-state index in [1.54, 1.807) is 21.1 Å². The first-order valence-electron chi connectivity index (χ1n) is 6.89. The number of anilines is 1. The van der Waals surface area contributed by atoms with Crippen LogP contribution in [0.4, 0.5) is 10.5 Å². The van der Waals surface area contributed by atoms with Gasteiger partial charge in [-0.3, -0.25) is 0 Å². The van der Waals surface area contributed by atoms with Crippen LogP contribution in [0, 0.1) is 6.92 Å². The van der Waals surface area contributed by atoms with Gasteiger partial charge >= 0.3 is 6.09 Å². The molecule has 1 amide bonds. The Morgan fingerprint density at radius 3 is 2.15 bits per heavy atom. The van der Waals surface area contributed by atoms with Gasteiger partial charge in [-0.1, -0.05) is 13.8 Å². The summed E-state index contributed by atoms with van der Waals surface area (Å²) in [5, 5.41) is 0. The van der Waals surface area contributed by atoms with Gasteiger partial charge in [0.25, 0.3) is 0 Å². The number of aryl methyl sites for hydroxylation is 1. The van der Waals surface area contributed by atoms with E-state index >= 15 is 0 Å². The molecule has 20 heavy (non-hydrogen) atoms. The highest BCUT2D eigenvalue weighted by Crippen LogP contribution is 2.33. The summed E-state index contributed by atoms with van der Waals surface area (Å²) in [5.74, 6) is 0.964. The zero-order valence-electron chi connectivity index (χ0n) is 13.9. The highest BCUT2D eigenvalue weighted by molar-refractivity contribution is 5.66. The Bertz CT molecular complexity index is 500. The van der Waals surface area contributed by atoms with E-state index in [0.29, 0.717) is 11.7 Å². The molecule has 0 bridgehead atoms. The molecule has 1 aromatic rings. The minimum Gasteiger partial charge on any atom is -0.380 e. The molecule has 0 radical (unpaired) electrons. The Morgan fingerprint density at radius 1 is 1.20 bits per heavy atom. The number of quaternary nitrogens is 1. The second-order valence-corrected chi connectivity index (χ2v) is 6.61. The zero-order chi connectivity index (χ0) is 15.7. The molecule has 0 spiro atoms. The molecule has 0 saturated carbocycles. The smallest absolute Gasteiger partial charge is 0.380 e. The van der Waals surface area contributed by atoms with Gasteiger partial charge in [0.15, 0.2) is 0 Å². The van der Waals surface area contributed by atoms with Crippen molar-refractivity contribution in [3.05, 3.63) is 23.3 Å². The molecule has 0 atom stereocenters. The summed E-state index contributed by atoms with van der Waals surface area (Å²) in [4.78, 5) is 14.2. The van der Waals surface area contributed by atoms with Crippen LogP contribution in [-0.4, -0.2) is 45.8 Å². The summed E-state index contributed by atoms with van der Waals surface area (Å²) in [5.41, 5.74) is 3.31. The fraction of sp³-hybridized carbons (Fsp3) is 0.562. The highest BCUT2D eigenvalue weighted by Gasteiger charge is 2.25. The van der Waals surface area contributed by atoms with Crippen molar-refractivity contribution in [1.29, 1.82) is 0 Å². The average molecular weight is 279 g/mol. The van der Waals surface area contributed by atoms with Crippen molar-refractivity contribution in [3.63, 3.8) is 0 Å². The lowest BCUT2D eigenvalue weighted by Gasteiger charge is -2.23. The topological polar surface area (TPSA) is 29.5 Å². The van der Waals surface area contributed by atoms with Crippen LogP contribution in [0.15, 0.2) is 12.1 Å². The lowest BCUT2D eigenvalue weighted by Crippen LogP contribution is -2.43. The van der Waals surface area contributed by atoms with Crippen LogP contribution in [0.3, 0.4) is 0 Å². The molecule has 0 aromatic heterocycles. The molecule has 0 aliphatic rings. The fourth-order valence-corrected chi connectivity index (χ4v) is 1.94. The zero-order valence-corrected chi connectivity index (χ0v) is 13.9. The van der Waals surface area contributed by atoms with Crippen molar-refractivity contribution in [2.45, 2.75) is 26.7 Å². The minimum atomic E-state index is -0.260. The highest BCUT2D eigenvalue weighted by atomic mass is 16.6. The summed E-state index contributed by atoms with van der Waals surface area (Å²) >= 11 is 0. The van der Waals surface area contributed by atoms with Gasteiger partial charge in [-0.2, -0.15) is 4.79 Å². The Kier molecular flexibility index (Phi) is 4.81. The number of benzene rings is 1. The quantitative estimate of drug-likeness (QED) is 0.794. The van der Waals surface area contributed by atoms with E-state index in [-0.39, 0.29) is 10.6 Å². The van der Waals surface area contributed by atoms with Crippen LogP contribution < -0.4 is 9.64 Å². The molecule has 4 heteroatoms. The number of hydrogen-bond acceptors (Lipinski definition) is 3. The molecule has 1 aromatic carbocycles. The number of amides is 1. The number of carbonyl (C=O) groups is 1. The molecule has 4 nitrogen and oxygen atoms in total. The van der Waals surface area contributed by atoms with Gasteiger partial charge in [0, 0.05) is 19.8 Å². The largest absolute Gasteiger partial charge is 0.520 e. The summed E-state index contributed by atoms with van der Waals surface area (Å²) in [6.45, 7) is 6.24. The van der Waals surface area contributed by atoms with Crippen LogP contribution in [0.25, 0.3) is 0 Å². The normalized spacial score (nSPS) is 11.7. The van der Waals surface area contributed by atoms with Crippen molar-refractivity contribution in [3.8, 4) is 5.75 Å². The van der Waals surface area contributed by atoms with Crippen LogP contribution in [-0.2, 0) is 0 Å². The van der Waals surface area contributed by atoms with Gasteiger partial charge in [0.2, 0.25) is 0 Å². The van der Waals surface area contributed by atoms with Crippen molar-refractivity contribution in [1.82, 2.24) is 0 Å². The number of hydrogen-bond donors (Lipinski definition) is 0. The first kappa shape index (κ1) is 16.5. The number of rotatable bonds is 3. The Balaban J connectivity index is 3.26. The standard InChI is InChI=1S/C16H27N2O2/c1-11(2)13-10-14(17(4)5)12(3)9-15(13)20-16(19)18(6,7)8/h9-11H,1-8H3/q+1. The maximum atomic E-state index is 12.1. The van der Waals surface area contributed by atoms with Gasteiger partial charge < -0.3 is 9.64 Å². The maximum absolute atomic E-state index is 12.1. The second kappa shape index (κ2) is 5.83. The van der Waals surface area contributed by atoms with Crippen LogP contribution >= 0.6 is 0 Å². The third-order valence-corrected chi connectivity index (χ3v) is 3.18. The first-order chi connectivity index (χ1) is 9.04. The summed E-state index contributed by atoms with van der Waals surface area (Å²) < 4.78 is 5.75. The molecule has 1 rings (SSSR count). The third-order valence-electron chi connectivity index (χ3n) is 3.18. The predicted molar refractivity (Wildman–Crippen MR) is 83.7 cm³/mol. The van der Waals surface area contributed by atoms with E-state index in [0.717, 1.165) is 16.8 Å². The van der Waals surface area contributed by atoms with E-state index in [9.17, 15) is 4.79 Å². The van der Waals surface area contributed by atoms with Gasteiger partial charge in [-0.05, 0) is 36.1 Å². The van der Waals surface area contributed by atoms with Crippen LogP contribution in [0.2, 0.25) is 0 Å². The van der Waals surface area contributed by atoms with Gasteiger partial charge in [0.1, 0.15) is 5.75 Å². The molecular weight excluding hydrogens is 252 g/mol. The van der Waals surface area contributed by atoms with Crippen LogP contribution in [0.5, 0.6) is 5.75 Å². The van der Waals surface area contributed by atoms with Crippen molar-refractivity contribution < 1.29 is 14.0 Å². The van der Waals surface area contributed by atoms with E-state index in [2.05, 4.69) is 24.8 Å². The van der Waals surface area contributed by atoms with E-state index < -0.39 is 0 Å². The summed E-state index contributed by atoms with van der Waals surface area (Å²) in [7, 11) is 9.45. The van der Waals surface area contributed by atoms with Gasteiger partial charge in [-0.25, -0.2) is 4.48 Å². The van der Waals surface area contributed by atoms with Crippen molar-refractivity contribution >= 4 is 11.8 Å². The number of carbonyl (C=O) groups excluding carboxylic acids is 1. The molecule has 0 saturated heterocycles. The number of nitrogens with zero attached hydrogens (tertiary/aromatic N) is 2. The third kappa shape index (κ3) is 3.73. The molecule has 0 heterocycles. The fourth-order valence-electron chi connectivity index (χ4n) is 1.94. The molecule has 0 N–H and O–H groups in total. The maximum Gasteiger partial charge on any atom is 0.520 e. The Morgan fingerprint density at radius 2 is 1.75 bits per heavy atom. The summed E-state index contributed by atoms with van der Waals surface area (Å²) in [6.07, 6.45) is -0.260. The Hall–Kier alpha value is -1.55. The molecule has 112 valence electrons. The minimum absolute atomic E-state index is 0.145. The van der Waals surface area contributed by atoms with Crippen molar-refractivity contribution in [2.75, 3.05) is 40.1 Å².